The molecule has 1 saturated heterocycles. The van der Waals surface area contributed by atoms with E-state index in [2.05, 4.69) is 21.6 Å². The number of carbonyl (C=O) groups excluding carboxylic acids is 2. The first-order chi connectivity index (χ1) is 15.8. The molecule has 0 spiro atoms. The van der Waals surface area contributed by atoms with Crippen LogP contribution < -0.4 is 15.4 Å². The predicted octanol–water partition coefficient (Wildman–Crippen LogP) is 3.17. The van der Waals surface area contributed by atoms with E-state index in [-0.39, 0.29) is 24.6 Å². The SMILES string of the molecule is COc1c(C)c2c(c(NC(C)C)c1CC=C(C)CCC(=O)OCCN1CCNC1)C(=O)OC2. The van der Waals surface area contributed by atoms with Crippen LogP contribution in [0.2, 0.25) is 0 Å². The van der Waals surface area contributed by atoms with Crippen LogP contribution in [-0.4, -0.2) is 62.9 Å². The molecule has 1 aromatic rings. The summed E-state index contributed by atoms with van der Waals surface area (Å²) in [5.74, 6) is 0.300. The molecular formula is C25H37N3O5. The number of hydrogen-bond acceptors (Lipinski definition) is 8. The van der Waals surface area contributed by atoms with E-state index in [0.717, 1.165) is 60.0 Å². The third-order valence-electron chi connectivity index (χ3n) is 6.10. The zero-order valence-corrected chi connectivity index (χ0v) is 20.5. The van der Waals surface area contributed by atoms with E-state index in [1.807, 2.05) is 27.7 Å². The first-order valence-electron chi connectivity index (χ1n) is 11.7. The zero-order valence-electron chi connectivity index (χ0n) is 20.5. The molecule has 0 bridgehead atoms. The van der Waals surface area contributed by atoms with Gasteiger partial charge in [-0.3, -0.25) is 9.69 Å². The minimum atomic E-state index is -0.298. The predicted molar refractivity (Wildman–Crippen MR) is 128 cm³/mol. The van der Waals surface area contributed by atoms with Crippen LogP contribution in [0.4, 0.5) is 5.69 Å². The van der Waals surface area contributed by atoms with Crippen molar-refractivity contribution >= 4 is 17.6 Å². The summed E-state index contributed by atoms with van der Waals surface area (Å²) < 4.78 is 16.5. The van der Waals surface area contributed by atoms with Gasteiger partial charge in [0.2, 0.25) is 0 Å². The van der Waals surface area contributed by atoms with Crippen LogP contribution in [0.3, 0.4) is 0 Å². The Kier molecular flexibility index (Phi) is 8.74. The van der Waals surface area contributed by atoms with E-state index in [1.54, 1.807) is 7.11 Å². The number of methoxy groups -OCH3 is 1. The zero-order chi connectivity index (χ0) is 24.0. The molecule has 0 saturated carbocycles. The number of allylic oxidation sites excluding steroid dienone is 2. The van der Waals surface area contributed by atoms with Gasteiger partial charge in [-0.05, 0) is 46.1 Å². The molecule has 182 valence electrons. The Labute approximate surface area is 196 Å². The van der Waals surface area contributed by atoms with E-state index in [4.69, 9.17) is 14.2 Å². The number of hydrogen-bond donors (Lipinski definition) is 2. The maximum atomic E-state index is 12.5. The molecule has 2 N–H and O–H groups in total. The molecule has 1 aromatic carbocycles. The quantitative estimate of drug-likeness (QED) is 0.385. The van der Waals surface area contributed by atoms with Crippen molar-refractivity contribution in [3.8, 4) is 5.75 Å². The molecule has 2 aliphatic rings. The van der Waals surface area contributed by atoms with Crippen LogP contribution in [0.15, 0.2) is 11.6 Å². The fraction of sp³-hybridized carbons (Fsp3) is 0.600. The minimum absolute atomic E-state index is 0.143. The van der Waals surface area contributed by atoms with E-state index in [0.29, 0.717) is 31.4 Å². The summed E-state index contributed by atoms with van der Waals surface area (Å²) in [6, 6.07) is 0.143. The number of nitrogens with one attached hydrogen (secondary N) is 2. The van der Waals surface area contributed by atoms with Crippen molar-refractivity contribution in [1.29, 1.82) is 0 Å². The van der Waals surface area contributed by atoms with E-state index in [9.17, 15) is 9.59 Å². The third kappa shape index (κ3) is 6.26. The standard InChI is InChI=1S/C25H37N3O5/c1-16(2)27-23-19(24(31-5)18(4)20-14-33-25(30)22(20)23)8-6-17(3)7-9-21(29)32-13-12-28-11-10-26-15-28/h6,16,26-27H,7-15H2,1-5H3. The molecule has 8 nitrogen and oxygen atoms in total. The lowest BCUT2D eigenvalue weighted by molar-refractivity contribution is -0.143. The molecule has 0 amide bonds. The highest BCUT2D eigenvalue weighted by Crippen LogP contribution is 2.41. The molecule has 0 aromatic heterocycles. The van der Waals surface area contributed by atoms with Gasteiger partial charge in [0.25, 0.3) is 0 Å². The van der Waals surface area contributed by atoms with E-state index < -0.39 is 0 Å². The van der Waals surface area contributed by atoms with Crippen LogP contribution in [-0.2, 0) is 27.3 Å². The highest BCUT2D eigenvalue weighted by molar-refractivity contribution is 6.01. The Hall–Kier alpha value is -2.58. The van der Waals surface area contributed by atoms with Gasteiger partial charge in [0, 0.05) is 49.9 Å². The van der Waals surface area contributed by atoms with E-state index in [1.165, 1.54) is 0 Å². The molecule has 0 unspecified atom stereocenters. The Balaban J connectivity index is 1.66. The Morgan fingerprint density at radius 2 is 2.12 bits per heavy atom. The number of ether oxygens (including phenoxy) is 3. The van der Waals surface area contributed by atoms with Gasteiger partial charge < -0.3 is 24.8 Å². The monoisotopic (exact) mass is 459 g/mol. The second kappa shape index (κ2) is 11.5. The fourth-order valence-electron chi connectivity index (χ4n) is 4.28. The highest BCUT2D eigenvalue weighted by atomic mass is 16.5. The summed E-state index contributed by atoms with van der Waals surface area (Å²) in [6.45, 7) is 12.4. The molecule has 1 fully saturated rings. The number of esters is 2. The largest absolute Gasteiger partial charge is 0.496 e. The molecule has 3 rings (SSSR count). The first-order valence-corrected chi connectivity index (χ1v) is 11.7. The lowest BCUT2D eigenvalue weighted by Crippen LogP contribution is -2.27. The highest BCUT2D eigenvalue weighted by Gasteiger charge is 2.32. The van der Waals surface area contributed by atoms with Crippen LogP contribution in [0.5, 0.6) is 5.75 Å². The van der Waals surface area contributed by atoms with Gasteiger partial charge in [-0.2, -0.15) is 0 Å². The Bertz CT molecular complexity index is 904. The Morgan fingerprint density at radius 1 is 1.33 bits per heavy atom. The number of nitrogens with zero attached hydrogens (tertiary/aromatic N) is 1. The van der Waals surface area contributed by atoms with Crippen LogP contribution in [0.1, 0.15) is 60.7 Å². The third-order valence-corrected chi connectivity index (χ3v) is 6.10. The van der Waals surface area contributed by atoms with Gasteiger partial charge in [0.1, 0.15) is 19.0 Å². The smallest absolute Gasteiger partial charge is 0.341 e. The lowest BCUT2D eigenvalue weighted by atomic mass is 9.93. The number of anilines is 1. The summed E-state index contributed by atoms with van der Waals surface area (Å²) >= 11 is 0. The molecule has 2 aliphatic heterocycles. The van der Waals surface area contributed by atoms with Crippen molar-refractivity contribution in [1.82, 2.24) is 10.2 Å². The van der Waals surface area contributed by atoms with Gasteiger partial charge in [0.05, 0.1) is 18.4 Å². The average molecular weight is 460 g/mol. The molecule has 0 atom stereocenters. The van der Waals surface area contributed by atoms with Crippen molar-refractivity contribution in [2.45, 2.75) is 59.6 Å². The molecule has 2 heterocycles. The van der Waals surface area contributed by atoms with Crippen molar-refractivity contribution in [2.75, 3.05) is 45.3 Å². The van der Waals surface area contributed by atoms with Gasteiger partial charge in [-0.15, -0.1) is 0 Å². The topological polar surface area (TPSA) is 89.1 Å². The number of fused-ring (bicyclic) bond motifs is 1. The lowest BCUT2D eigenvalue weighted by Gasteiger charge is -2.22. The van der Waals surface area contributed by atoms with Gasteiger partial charge >= 0.3 is 11.9 Å². The van der Waals surface area contributed by atoms with Gasteiger partial charge in [-0.25, -0.2) is 4.79 Å². The summed E-state index contributed by atoms with van der Waals surface area (Å²) in [5, 5.41) is 6.69. The second-order valence-corrected chi connectivity index (χ2v) is 8.99. The van der Waals surface area contributed by atoms with E-state index >= 15 is 0 Å². The Morgan fingerprint density at radius 3 is 2.79 bits per heavy atom. The molecular weight excluding hydrogens is 422 g/mol. The van der Waals surface area contributed by atoms with Crippen LogP contribution in [0, 0.1) is 6.92 Å². The van der Waals surface area contributed by atoms with Crippen molar-refractivity contribution < 1.29 is 23.8 Å². The molecule has 0 aliphatic carbocycles. The van der Waals surface area contributed by atoms with Crippen molar-refractivity contribution in [3.05, 3.63) is 33.9 Å². The number of rotatable bonds is 11. The average Bonchev–Trinajstić information content (AvgIpc) is 3.42. The van der Waals surface area contributed by atoms with Crippen molar-refractivity contribution in [3.63, 3.8) is 0 Å². The molecule has 8 heteroatoms. The van der Waals surface area contributed by atoms with Crippen molar-refractivity contribution in [2.24, 2.45) is 0 Å². The second-order valence-electron chi connectivity index (χ2n) is 8.99. The number of benzene rings is 1. The minimum Gasteiger partial charge on any atom is -0.496 e. The number of carbonyl (C=O) groups is 2. The first kappa shape index (κ1) is 25.1. The van der Waals surface area contributed by atoms with Crippen LogP contribution in [0.25, 0.3) is 0 Å². The molecule has 0 radical (unpaired) electrons. The summed E-state index contributed by atoms with van der Waals surface area (Å²) in [7, 11) is 1.65. The molecule has 33 heavy (non-hydrogen) atoms. The maximum absolute atomic E-state index is 12.5. The number of cyclic esters (lactones) is 1. The van der Waals surface area contributed by atoms with Gasteiger partial charge in [-0.1, -0.05) is 11.6 Å². The fourth-order valence-corrected chi connectivity index (χ4v) is 4.28. The van der Waals surface area contributed by atoms with Gasteiger partial charge in [0.15, 0.2) is 0 Å². The van der Waals surface area contributed by atoms with Crippen LogP contribution >= 0.6 is 0 Å². The summed E-state index contributed by atoms with van der Waals surface area (Å²) in [6.07, 6.45) is 3.66. The normalized spacial score (nSPS) is 16.2. The summed E-state index contributed by atoms with van der Waals surface area (Å²) in [4.78, 5) is 26.8. The summed E-state index contributed by atoms with van der Waals surface area (Å²) in [5.41, 5.74) is 5.24. The maximum Gasteiger partial charge on any atom is 0.341 e.